The summed E-state index contributed by atoms with van der Waals surface area (Å²) in [4.78, 5) is 0. The van der Waals surface area contributed by atoms with E-state index < -0.39 is 12.2 Å². The van der Waals surface area contributed by atoms with Gasteiger partial charge in [0.1, 0.15) is 50.9 Å². The topological polar surface area (TPSA) is 75.6 Å². The van der Waals surface area contributed by atoms with Gasteiger partial charge in [-0.15, -0.1) is 0 Å². The molecule has 0 bridgehead atoms. The van der Waals surface area contributed by atoms with Gasteiger partial charge in [0, 0.05) is 0 Å². The Hall–Kier alpha value is -0.280. The van der Waals surface area contributed by atoms with Gasteiger partial charge in [0.25, 0.3) is 0 Å². The minimum absolute atomic E-state index is 0.153. The molecule has 0 aromatic heterocycles. The van der Waals surface area contributed by atoms with Crippen molar-refractivity contribution in [1.82, 2.24) is 0 Å². The third-order valence-corrected chi connectivity index (χ3v) is 3.22. The fourth-order valence-electron chi connectivity index (χ4n) is 2.29. The third kappa shape index (κ3) is 2.32. The molecule has 3 fully saturated rings. The molecule has 0 radical (unpaired) electrons. The van der Waals surface area contributed by atoms with Crippen molar-refractivity contribution in [2.45, 2.75) is 30.5 Å². The van der Waals surface area contributed by atoms with E-state index in [4.69, 9.17) is 28.4 Å². The van der Waals surface area contributed by atoms with Gasteiger partial charge >= 0.3 is 0 Å². The molecule has 3 aliphatic heterocycles. The third-order valence-electron chi connectivity index (χ3n) is 3.22. The summed E-state index contributed by atoms with van der Waals surface area (Å²) in [6, 6.07) is 0. The van der Waals surface area contributed by atoms with E-state index in [1.807, 2.05) is 0 Å². The summed E-state index contributed by atoms with van der Waals surface area (Å²) in [6.45, 7) is 1.45. The van der Waals surface area contributed by atoms with Gasteiger partial charge in [-0.1, -0.05) is 0 Å². The first-order chi connectivity index (χ1) is 8.36. The highest BCUT2D eigenvalue weighted by Crippen LogP contribution is 2.26. The molecular formula is C10H16O7. The minimum atomic E-state index is -0.783. The van der Waals surface area contributed by atoms with E-state index in [0.717, 1.165) is 0 Å². The van der Waals surface area contributed by atoms with Crippen molar-refractivity contribution in [3.05, 3.63) is 0 Å². The van der Waals surface area contributed by atoms with Crippen molar-refractivity contribution < 1.29 is 33.5 Å². The van der Waals surface area contributed by atoms with Crippen LogP contribution in [0.4, 0.5) is 0 Å². The summed E-state index contributed by atoms with van der Waals surface area (Å²) in [5.74, 6) is 0. The number of ether oxygens (including phenoxy) is 6. The summed E-state index contributed by atoms with van der Waals surface area (Å²) in [5, 5.41) is 10.2. The number of hydrogen-bond acceptors (Lipinski definition) is 7. The number of hydrogen-bond donors (Lipinski definition) is 1. The highest BCUT2D eigenvalue weighted by molar-refractivity contribution is 4.91. The molecule has 7 nitrogen and oxygen atoms in total. The smallest absolute Gasteiger partial charge is 0.148 e. The van der Waals surface area contributed by atoms with Crippen LogP contribution in [0.15, 0.2) is 0 Å². The van der Waals surface area contributed by atoms with Crippen molar-refractivity contribution in [2.24, 2.45) is 0 Å². The zero-order chi connectivity index (χ0) is 11.7. The fraction of sp³-hybridized carbons (Fsp3) is 1.00. The molecule has 0 saturated carbocycles. The normalized spacial score (nSPS) is 44.3. The van der Waals surface area contributed by atoms with Gasteiger partial charge in [0.2, 0.25) is 0 Å². The van der Waals surface area contributed by atoms with Gasteiger partial charge in [0.15, 0.2) is 0 Å². The highest BCUT2D eigenvalue weighted by atomic mass is 16.8. The summed E-state index contributed by atoms with van der Waals surface area (Å²) in [5.41, 5.74) is 0. The van der Waals surface area contributed by atoms with Gasteiger partial charge in [-0.3, -0.25) is 0 Å². The minimum Gasteiger partial charge on any atom is -0.387 e. The second-order valence-electron chi connectivity index (χ2n) is 4.26. The molecule has 3 rings (SSSR count). The molecule has 5 atom stereocenters. The Kier molecular flexibility index (Phi) is 3.57. The maximum atomic E-state index is 10.2. The molecule has 98 valence electrons. The number of aliphatic hydroxyl groups excluding tert-OH is 1. The predicted octanol–water partition coefficient (Wildman–Crippen LogP) is -1.17. The molecule has 0 aromatic carbocycles. The van der Waals surface area contributed by atoms with Crippen molar-refractivity contribution in [3.63, 3.8) is 0 Å². The van der Waals surface area contributed by atoms with Gasteiger partial charge in [-0.2, -0.15) is 0 Å². The Labute approximate surface area is 98.5 Å². The van der Waals surface area contributed by atoms with Crippen LogP contribution in [0.2, 0.25) is 0 Å². The van der Waals surface area contributed by atoms with Gasteiger partial charge in [-0.25, -0.2) is 0 Å². The molecule has 17 heavy (non-hydrogen) atoms. The van der Waals surface area contributed by atoms with E-state index in [1.165, 1.54) is 0 Å². The first-order valence-corrected chi connectivity index (χ1v) is 5.66. The van der Waals surface area contributed by atoms with Crippen LogP contribution in [-0.4, -0.2) is 69.2 Å². The van der Waals surface area contributed by atoms with Crippen molar-refractivity contribution in [3.8, 4) is 0 Å². The molecule has 3 saturated heterocycles. The van der Waals surface area contributed by atoms with Crippen molar-refractivity contribution >= 4 is 0 Å². The number of aliphatic hydroxyl groups is 1. The van der Waals surface area contributed by atoms with Crippen LogP contribution in [0.3, 0.4) is 0 Å². The fourth-order valence-corrected chi connectivity index (χ4v) is 2.29. The lowest BCUT2D eigenvalue weighted by molar-refractivity contribution is -0.0899. The zero-order valence-electron chi connectivity index (χ0n) is 9.32. The molecule has 0 amide bonds. The number of rotatable bonds is 3. The average Bonchev–Trinajstić information content (AvgIpc) is 3.09. The lowest BCUT2D eigenvalue weighted by Crippen LogP contribution is -2.48. The summed E-state index contributed by atoms with van der Waals surface area (Å²) < 4.78 is 31.7. The monoisotopic (exact) mass is 248 g/mol. The summed E-state index contributed by atoms with van der Waals surface area (Å²) >= 11 is 0. The average molecular weight is 248 g/mol. The maximum absolute atomic E-state index is 10.2. The molecule has 0 aliphatic carbocycles. The van der Waals surface area contributed by atoms with E-state index in [2.05, 4.69) is 0 Å². The van der Waals surface area contributed by atoms with Crippen LogP contribution >= 0.6 is 0 Å². The van der Waals surface area contributed by atoms with Crippen LogP contribution in [0, 0.1) is 0 Å². The highest BCUT2D eigenvalue weighted by Gasteiger charge is 2.45. The summed E-state index contributed by atoms with van der Waals surface area (Å²) in [7, 11) is 0. The van der Waals surface area contributed by atoms with Crippen LogP contribution in [0.25, 0.3) is 0 Å². The second kappa shape index (κ2) is 5.15. The van der Waals surface area contributed by atoms with Crippen LogP contribution < -0.4 is 0 Å². The standard InChI is InChI=1S/C10H16O7/c11-8(6-1-12-3-14-6)10-9(16-5-17-10)7-2-13-4-15-7/h6-11H,1-5H2. The first kappa shape index (κ1) is 11.8. The molecule has 1 N–H and O–H groups in total. The zero-order valence-corrected chi connectivity index (χ0v) is 9.32. The Morgan fingerprint density at radius 3 is 2.41 bits per heavy atom. The largest absolute Gasteiger partial charge is 0.387 e. The van der Waals surface area contributed by atoms with E-state index in [1.54, 1.807) is 0 Å². The molecule has 3 aliphatic rings. The van der Waals surface area contributed by atoms with E-state index >= 15 is 0 Å². The lowest BCUT2D eigenvalue weighted by atomic mass is 10.00. The Morgan fingerprint density at radius 1 is 0.882 bits per heavy atom. The maximum Gasteiger partial charge on any atom is 0.148 e. The molecule has 3 heterocycles. The van der Waals surface area contributed by atoms with E-state index in [0.29, 0.717) is 13.2 Å². The molecule has 0 aromatic rings. The predicted molar refractivity (Wildman–Crippen MR) is 52.0 cm³/mol. The quantitative estimate of drug-likeness (QED) is 0.674. The SMILES string of the molecule is OC(C1COCO1)C1OCOC1C1COCO1. The van der Waals surface area contributed by atoms with Crippen LogP contribution in [-0.2, 0) is 28.4 Å². The first-order valence-electron chi connectivity index (χ1n) is 5.66. The van der Waals surface area contributed by atoms with Crippen LogP contribution in [0.5, 0.6) is 0 Å². The summed E-state index contributed by atoms with van der Waals surface area (Å²) in [6.07, 6.45) is -2.13. The lowest BCUT2D eigenvalue weighted by Gasteiger charge is -2.27. The van der Waals surface area contributed by atoms with Gasteiger partial charge in [0.05, 0.1) is 13.2 Å². The second-order valence-corrected chi connectivity index (χ2v) is 4.26. The Balaban J connectivity index is 1.63. The van der Waals surface area contributed by atoms with E-state index in [9.17, 15) is 5.11 Å². The van der Waals surface area contributed by atoms with Crippen LogP contribution in [0.1, 0.15) is 0 Å². The van der Waals surface area contributed by atoms with Crippen molar-refractivity contribution in [1.29, 1.82) is 0 Å². The van der Waals surface area contributed by atoms with Gasteiger partial charge in [-0.05, 0) is 0 Å². The molecular weight excluding hydrogens is 232 g/mol. The molecule has 5 unspecified atom stereocenters. The Morgan fingerprint density at radius 2 is 1.71 bits per heavy atom. The molecule has 0 spiro atoms. The Bertz CT molecular complexity index is 249. The van der Waals surface area contributed by atoms with Gasteiger partial charge < -0.3 is 33.5 Å². The van der Waals surface area contributed by atoms with E-state index in [-0.39, 0.29) is 38.7 Å². The van der Waals surface area contributed by atoms with Crippen molar-refractivity contribution in [2.75, 3.05) is 33.6 Å². The molecule has 7 heteroatoms.